The van der Waals surface area contributed by atoms with Crippen molar-refractivity contribution in [1.29, 1.82) is 0 Å². The number of ether oxygens (including phenoxy) is 1. The van der Waals surface area contributed by atoms with Gasteiger partial charge in [0.05, 0.1) is 11.6 Å². The van der Waals surface area contributed by atoms with Gasteiger partial charge in [-0.2, -0.15) is 13.8 Å². The summed E-state index contributed by atoms with van der Waals surface area (Å²) >= 11 is 5.87. The van der Waals surface area contributed by atoms with E-state index >= 15 is 0 Å². The van der Waals surface area contributed by atoms with Crippen LogP contribution < -0.4 is 10.1 Å². The lowest BCUT2D eigenvalue weighted by atomic mass is 10.2. The molecule has 0 atom stereocenters. The normalized spacial score (nSPS) is 11.0. The Balaban J connectivity index is 1.91. The van der Waals surface area contributed by atoms with Gasteiger partial charge >= 0.3 is 6.61 Å². The fourth-order valence-electron chi connectivity index (χ4n) is 1.78. The van der Waals surface area contributed by atoms with Gasteiger partial charge in [-0.05, 0) is 24.6 Å². The largest absolute Gasteiger partial charge is 0.433 e. The Morgan fingerprint density at radius 1 is 1.41 bits per heavy atom. The SMILES string of the molecule is CCCCc1noc(CNc2ccc(OC(F)F)c(Cl)c2)n1. The summed E-state index contributed by atoms with van der Waals surface area (Å²) in [6.45, 7) is -0.491. The molecule has 1 heterocycles. The number of aromatic nitrogens is 2. The molecule has 0 aliphatic heterocycles. The van der Waals surface area contributed by atoms with Gasteiger partial charge in [-0.15, -0.1) is 0 Å². The average molecular weight is 332 g/mol. The summed E-state index contributed by atoms with van der Waals surface area (Å²) in [5.41, 5.74) is 0.639. The van der Waals surface area contributed by atoms with Crippen molar-refractivity contribution in [2.45, 2.75) is 39.3 Å². The van der Waals surface area contributed by atoms with Crippen LogP contribution in [0.15, 0.2) is 22.7 Å². The smallest absolute Gasteiger partial charge is 0.387 e. The highest BCUT2D eigenvalue weighted by atomic mass is 35.5. The summed E-state index contributed by atoms with van der Waals surface area (Å²) in [7, 11) is 0. The van der Waals surface area contributed by atoms with Gasteiger partial charge in [0.1, 0.15) is 5.75 Å². The maximum atomic E-state index is 12.1. The predicted molar refractivity (Wildman–Crippen MR) is 78.3 cm³/mol. The molecule has 0 aliphatic carbocycles. The van der Waals surface area contributed by atoms with E-state index in [4.69, 9.17) is 16.1 Å². The lowest BCUT2D eigenvalue weighted by Crippen LogP contribution is -2.03. The van der Waals surface area contributed by atoms with Crippen molar-refractivity contribution in [2.24, 2.45) is 0 Å². The van der Waals surface area contributed by atoms with Crippen molar-refractivity contribution in [2.75, 3.05) is 5.32 Å². The number of nitrogens with one attached hydrogen (secondary N) is 1. The fraction of sp³-hybridized carbons (Fsp3) is 0.429. The molecule has 2 aromatic rings. The van der Waals surface area contributed by atoms with Crippen LogP contribution in [0, 0.1) is 0 Å². The van der Waals surface area contributed by atoms with Gasteiger partial charge in [-0.25, -0.2) is 0 Å². The van der Waals surface area contributed by atoms with Crippen LogP contribution in [0.1, 0.15) is 31.5 Å². The van der Waals surface area contributed by atoms with Gasteiger partial charge in [0.2, 0.25) is 5.89 Å². The van der Waals surface area contributed by atoms with E-state index < -0.39 is 6.61 Å². The first-order chi connectivity index (χ1) is 10.6. The van der Waals surface area contributed by atoms with Gasteiger partial charge in [0, 0.05) is 12.1 Å². The van der Waals surface area contributed by atoms with Crippen molar-refractivity contribution in [3.8, 4) is 5.75 Å². The molecule has 0 saturated heterocycles. The van der Waals surface area contributed by atoms with Gasteiger partial charge in [0.25, 0.3) is 0 Å². The number of unbranched alkanes of at least 4 members (excludes halogenated alkanes) is 1. The Morgan fingerprint density at radius 3 is 2.91 bits per heavy atom. The van der Waals surface area contributed by atoms with Gasteiger partial charge in [-0.1, -0.05) is 30.1 Å². The molecule has 0 amide bonds. The maximum absolute atomic E-state index is 12.1. The lowest BCUT2D eigenvalue weighted by Gasteiger charge is -2.09. The molecule has 2 rings (SSSR count). The number of aryl methyl sites for hydroxylation is 1. The van der Waals surface area contributed by atoms with Gasteiger partial charge in [0.15, 0.2) is 5.82 Å². The second-order valence-corrected chi connectivity index (χ2v) is 4.99. The molecule has 120 valence electrons. The molecule has 0 spiro atoms. The highest BCUT2D eigenvalue weighted by Gasteiger charge is 2.10. The van der Waals surface area contributed by atoms with Crippen LogP contribution in [0.25, 0.3) is 0 Å². The van der Waals surface area contributed by atoms with E-state index in [-0.39, 0.29) is 10.8 Å². The summed E-state index contributed by atoms with van der Waals surface area (Å²) < 4.78 is 33.7. The van der Waals surface area contributed by atoms with Crippen LogP contribution >= 0.6 is 11.6 Å². The van der Waals surface area contributed by atoms with Crippen molar-refractivity contribution in [1.82, 2.24) is 10.1 Å². The minimum atomic E-state index is -2.91. The lowest BCUT2D eigenvalue weighted by molar-refractivity contribution is -0.0497. The maximum Gasteiger partial charge on any atom is 0.387 e. The zero-order chi connectivity index (χ0) is 15.9. The third-order valence-corrected chi connectivity index (χ3v) is 3.15. The van der Waals surface area contributed by atoms with Crippen molar-refractivity contribution >= 4 is 17.3 Å². The molecule has 22 heavy (non-hydrogen) atoms. The van der Waals surface area contributed by atoms with Crippen molar-refractivity contribution < 1.29 is 18.0 Å². The van der Waals surface area contributed by atoms with E-state index in [2.05, 4.69) is 27.1 Å². The minimum Gasteiger partial charge on any atom is -0.433 e. The molecule has 1 aromatic carbocycles. The summed E-state index contributed by atoms with van der Waals surface area (Å²) in [6.07, 6.45) is 2.85. The number of anilines is 1. The number of rotatable bonds is 8. The van der Waals surface area contributed by atoms with Gasteiger partial charge < -0.3 is 14.6 Å². The minimum absolute atomic E-state index is 0.0677. The molecule has 0 aliphatic rings. The molecular weight excluding hydrogens is 316 g/mol. The molecule has 0 saturated carbocycles. The highest BCUT2D eigenvalue weighted by Crippen LogP contribution is 2.29. The second-order valence-electron chi connectivity index (χ2n) is 4.59. The standard InChI is InChI=1S/C14H16ClF2N3O2/c1-2-3-4-12-19-13(22-20-12)8-18-9-5-6-11(10(15)7-9)21-14(16)17/h5-7,14,18H,2-4,8H2,1H3. The van der Waals surface area contributed by atoms with Crippen LogP contribution in [0.3, 0.4) is 0 Å². The summed E-state index contributed by atoms with van der Waals surface area (Å²) in [6, 6.07) is 4.45. The molecule has 0 bridgehead atoms. The first kappa shape index (κ1) is 16.5. The first-order valence-electron chi connectivity index (χ1n) is 6.88. The molecular formula is C14H16ClF2N3O2. The quantitative estimate of drug-likeness (QED) is 0.782. The van der Waals surface area contributed by atoms with Crippen LogP contribution in [0.2, 0.25) is 5.02 Å². The Hall–Kier alpha value is -1.89. The Labute approximate surface area is 131 Å². The summed E-state index contributed by atoms with van der Waals surface area (Å²) in [5.74, 6) is 1.06. The highest BCUT2D eigenvalue weighted by molar-refractivity contribution is 6.32. The zero-order valence-electron chi connectivity index (χ0n) is 12.0. The molecule has 0 radical (unpaired) electrons. The van der Waals surface area contributed by atoms with E-state index in [1.54, 1.807) is 6.07 Å². The second kappa shape index (κ2) is 7.93. The number of alkyl halides is 2. The van der Waals surface area contributed by atoms with E-state index in [1.807, 2.05) is 0 Å². The number of hydrogen-bond acceptors (Lipinski definition) is 5. The van der Waals surface area contributed by atoms with E-state index in [9.17, 15) is 8.78 Å². The molecule has 8 heteroatoms. The van der Waals surface area contributed by atoms with Gasteiger partial charge in [-0.3, -0.25) is 0 Å². The average Bonchev–Trinajstić information content (AvgIpc) is 2.93. The van der Waals surface area contributed by atoms with Crippen molar-refractivity contribution in [3.63, 3.8) is 0 Å². The third kappa shape index (κ3) is 4.84. The Morgan fingerprint density at radius 2 is 2.23 bits per heavy atom. The zero-order valence-corrected chi connectivity index (χ0v) is 12.7. The van der Waals surface area contributed by atoms with Crippen LogP contribution in [-0.4, -0.2) is 16.8 Å². The van der Waals surface area contributed by atoms with Crippen molar-refractivity contribution in [3.05, 3.63) is 34.9 Å². The van der Waals surface area contributed by atoms with E-state index in [0.29, 0.717) is 23.9 Å². The van der Waals surface area contributed by atoms with E-state index in [1.165, 1.54) is 12.1 Å². The molecule has 5 nitrogen and oxygen atoms in total. The molecule has 1 aromatic heterocycles. The number of benzene rings is 1. The van der Waals surface area contributed by atoms with Crippen LogP contribution in [-0.2, 0) is 13.0 Å². The summed E-state index contributed by atoms with van der Waals surface area (Å²) in [4.78, 5) is 4.25. The fourth-order valence-corrected chi connectivity index (χ4v) is 2.00. The summed E-state index contributed by atoms with van der Waals surface area (Å²) in [5, 5.41) is 7.00. The third-order valence-electron chi connectivity index (χ3n) is 2.86. The molecule has 1 N–H and O–H groups in total. The molecule has 0 fully saturated rings. The topological polar surface area (TPSA) is 60.2 Å². The number of halogens is 3. The van der Waals surface area contributed by atoms with Crippen LogP contribution in [0.5, 0.6) is 5.75 Å². The first-order valence-corrected chi connectivity index (χ1v) is 7.26. The predicted octanol–water partition coefficient (Wildman–Crippen LogP) is 4.28. The molecule has 0 unspecified atom stereocenters. The van der Waals surface area contributed by atoms with Crippen LogP contribution in [0.4, 0.5) is 14.5 Å². The monoisotopic (exact) mass is 331 g/mol. The Kier molecular flexibility index (Phi) is 5.94. The Bertz CT molecular complexity index is 608. The number of nitrogens with zero attached hydrogens (tertiary/aromatic N) is 2. The number of hydrogen-bond donors (Lipinski definition) is 1. The van der Waals surface area contributed by atoms with E-state index in [0.717, 1.165) is 19.3 Å².